The fourth-order valence-corrected chi connectivity index (χ4v) is 7.55. The SMILES string of the molecule is CC12CCCC1C1CCC3CCCCC3[C@@]1(S)CC2. The predicted octanol–water partition coefficient (Wildman–Crippen LogP) is 5.47. The van der Waals surface area contributed by atoms with Crippen molar-refractivity contribution in [2.45, 2.75) is 82.3 Å². The molecule has 5 unspecified atom stereocenters. The number of rotatable bonds is 0. The van der Waals surface area contributed by atoms with Crippen molar-refractivity contribution < 1.29 is 0 Å². The van der Waals surface area contributed by atoms with Crippen molar-refractivity contribution in [2.75, 3.05) is 0 Å². The number of thiol groups is 1. The highest BCUT2D eigenvalue weighted by Gasteiger charge is 2.59. The Morgan fingerprint density at radius 2 is 1.53 bits per heavy atom. The Hall–Kier alpha value is 0.350. The molecule has 4 rings (SSSR count). The third-order valence-corrected chi connectivity index (χ3v) is 8.67. The van der Waals surface area contributed by atoms with Crippen LogP contribution < -0.4 is 0 Å². The zero-order valence-corrected chi connectivity index (χ0v) is 13.4. The quantitative estimate of drug-likeness (QED) is 0.558. The van der Waals surface area contributed by atoms with Gasteiger partial charge >= 0.3 is 0 Å². The first-order chi connectivity index (χ1) is 9.13. The van der Waals surface area contributed by atoms with Crippen LogP contribution in [0, 0.1) is 29.1 Å². The van der Waals surface area contributed by atoms with Gasteiger partial charge in [0.2, 0.25) is 0 Å². The van der Waals surface area contributed by atoms with E-state index in [2.05, 4.69) is 6.92 Å². The first-order valence-corrected chi connectivity index (χ1v) is 9.31. The Balaban J connectivity index is 1.66. The molecule has 4 saturated carbocycles. The molecule has 4 aliphatic carbocycles. The molecule has 0 aromatic heterocycles. The zero-order valence-electron chi connectivity index (χ0n) is 12.5. The summed E-state index contributed by atoms with van der Waals surface area (Å²) in [7, 11) is 0. The zero-order chi connectivity index (χ0) is 13.1. The Bertz CT molecular complexity index is 365. The van der Waals surface area contributed by atoms with E-state index in [0.717, 1.165) is 23.7 Å². The average Bonchev–Trinajstić information content (AvgIpc) is 2.81. The van der Waals surface area contributed by atoms with E-state index in [1.54, 1.807) is 0 Å². The molecule has 108 valence electrons. The second-order valence-corrected chi connectivity index (χ2v) is 9.31. The van der Waals surface area contributed by atoms with Gasteiger partial charge in [-0.2, -0.15) is 12.6 Å². The second-order valence-electron chi connectivity index (χ2n) is 8.48. The largest absolute Gasteiger partial charge is 0.172 e. The van der Waals surface area contributed by atoms with Crippen LogP contribution in [-0.4, -0.2) is 4.75 Å². The third kappa shape index (κ3) is 1.79. The van der Waals surface area contributed by atoms with Crippen molar-refractivity contribution in [3.05, 3.63) is 0 Å². The minimum atomic E-state index is 0.428. The second kappa shape index (κ2) is 4.42. The monoisotopic (exact) mass is 278 g/mol. The van der Waals surface area contributed by atoms with Crippen LogP contribution in [-0.2, 0) is 0 Å². The van der Waals surface area contributed by atoms with Crippen molar-refractivity contribution in [1.82, 2.24) is 0 Å². The lowest BCUT2D eigenvalue weighted by Crippen LogP contribution is -2.56. The molecule has 6 atom stereocenters. The van der Waals surface area contributed by atoms with Gasteiger partial charge in [0.25, 0.3) is 0 Å². The van der Waals surface area contributed by atoms with Gasteiger partial charge in [-0.3, -0.25) is 0 Å². The maximum Gasteiger partial charge on any atom is 0.0192 e. The topological polar surface area (TPSA) is 0 Å². The lowest BCUT2D eigenvalue weighted by Gasteiger charge is -2.60. The normalized spacial score (nSPS) is 57.2. The Kier molecular flexibility index (Phi) is 3.03. The van der Waals surface area contributed by atoms with E-state index in [1.165, 1.54) is 70.6 Å². The van der Waals surface area contributed by atoms with Crippen LogP contribution in [0.4, 0.5) is 0 Å². The summed E-state index contributed by atoms with van der Waals surface area (Å²) in [4.78, 5) is 0. The number of hydrogen-bond acceptors (Lipinski definition) is 1. The van der Waals surface area contributed by atoms with E-state index < -0.39 is 0 Å². The summed E-state index contributed by atoms with van der Waals surface area (Å²) >= 11 is 5.42. The molecule has 0 spiro atoms. The summed E-state index contributed by atoms with van der Waals surface area (Å²) in [6.07, 6.45) is 16.4. The highest BCUT2D eigenvalue weighted by Crippen LogP contribution is 2.65. The van der Waals surface area contributed by atoms with Gasteiger partial charge in [-0.05, 0) is 74.0 Å². The highest BCUT2D eigenvalue weighted by molar-refractivity contribution is 7.81. The van der Waals surface area contributed by atoms with Gasteiger partial charge in [-0.15, -0.1) is 0 Å². The van der Waals surface area contributed by atoms with Crippen molar-refractivity contribution in [3.63, 3.8) is 0 Å². The molecule has 0 aliphatic heterocycles. The van der Waals surface area contributed by atoms with Crippen LogP contribution in [0.1, 0.15) is 77.6 Å². The van der Waals surface area contributed by atoms with Gasteiger partial charge < -0.3 is 0 Å². The molecule has 0 aromatic carbocycles. The maximum atomic E-state index is 5.42. The van der Waals surface area contributed by atoms with Gasteiger partial charge in [-0.25, -0.2) is 0 Å². The summed E-state index contributed by atoms with van der Waals surface area (Å²) in [5, 5.41) is 0. The third-order valence-electron chi connectivity index (χ3n) is 7.78. The van der Waals surface area contributed by atoms with E-state index in [0.29, 0.717) is 10.2 Å². The molecule has 0 bridgehead atoms. The molecule has 0 N–H and O–H groups in total. The molecule has 0 radical (unpaired) electrons. The van der Waals surface area contributed by atoms with Gasteiger partial charge in [0.15, 0.2) is 0 Å². The smallest absolute Gasteiger partial charge is 0.0192 e. The fourth-order valence-electron chi connectivity index (χ4n) is 6.79. The summed E-state index contributed by atoms with van der Waals surface area (Å²) < 4.78 is 0.428. The van der Waals surface area contributed by atoms with Crippen molar-refractivity contribution in [3.8, 4) is 0 Å². The minimum absolute atomic E-state index is 0.428. The molecule has 4 fully saturated rings. The minimum Gasteiger partial charge on any atom is -0.172 e. The summed E-state index contributed by atoms with van der Waals surface area (Å²) in [5.74, 6) is 3.97. The molecule has 0 aromatic rings. The van der Waals surface area contributed by atoms with E-state index in [-0.39, 0.29) is 0 Å². The van der Waals surface area contributed by atoms with Crippen LogP contribution >= 0.6 is 12.6 Å². The van der Waals surface area contributed by atoms with Crippen LogP contribution in [0.2, 0.25) is 0 Å². The van der Waals surface area contributed by atoms with Crippen LogP contribution in [0.15, 0.2) is 0 Å². The number of hydrogen-bond donors (Lipinski definition) is 1. The summed E-state index contributed by atoms with van der Waals surface area (Å²) in [5.41, 5.74) is 0.693. The molecular weight excluding hydrogens is 248 g/mol. The Morgan fingerprint density at radius 1 is 0.737 bits per heavy atom. The lowest BCUT2D eigenvalue weighted by molar-refractivity contribution is -0.0269. The highest BCUT2D eigenvalue weighted by atomic mass is 32.1. The molecular formula is C18H30S. The maximum absolute atomic E-state index is 5.42. The average molecular weight is 279 g/mol. The van der Waals surface area contributed by atoms with E-state index >= 15 is 0 Å². The standard InChI is InChI=1S/C18H30S/c1-17-10-4-7-15(17)16-9-8-13-5-2-3-6-14(13)18(16,19)12-11-17/h13-16,19H,2-12H2,1H3/t13?,14?,15?,16?,17?,18-/m0/s1. The molecule has 1 heteroatoms. The van der Waals surface area contributed by atoms with E-state index in [4.69, 9.17) is 12.6 Å². The fraction of sp³-hybridized carbons (Fsp3) is 1.00. The Labute approximate surface area is 124 Å². The van der Waals surface area contributed by atoms with Crippen LogP contribution in [0.5, 0.6) is 0 Å². The van der Waals surface area contributed by atoms with Crippen LogP contribution in [0.3, 0.4) is 0 Å². The molecule has 19 heavy (non-hydrogen) atoms. The van der Waals surface area contributed by atoms with Crippen molar-refractivity contribution >= 4 is 12.6 Å². The summed E-state index contributed by atoms with van der Waals surface area (Å²) in [6.45, 7) is 2.60. The Morgan fingerprint density at radius 3 is 2.42 bits per heavy atom. The molecule has 0 amide bonds. The first kappa shape index (κ1) is 13.0. The van der Waals surface area contributed by atoms with Gasteiger partial charge in [-0.1, -0.05) is 32.6 Å². The van der Waals surface area contributed by atoms with Gasteiger partial charge in [0.05, 0.1) is 0 Å². The predicted molar refractivity (Wildman–Crippen MR) is 84.6 cm³/mol. The van der Waals surface area contributed by atoms with Gasteiger partial charge in [0, 0.05) is 4.75 Å². The molecule has 0 nitrogen and oxygen atoms in total. The van der Waals surface area contributed by atoms with E-state index in [1.807, 2.05) is 0 Å². The first-order valence-electron chi connectivity index (χ1n) is 8.86. The van der Waals surface area contributed by atoms with Crippen LogP contribution in [0.25, 0.3) is 0 Å². The van der Waals surface area contributed by atoms with E-state index in [9.17, 15) is 0 Å². The number of fused-ring (bicyclic) bond motifs is 5. The molecule has 4 aliphatic rings. The lowest BCUT2D eigenvalue weighted by atomic mass is 9.50. The molecule has 0 heterocycles. The summed E-state index contributed by atoms with van der Waals surface area (Å²) in [6, 6.07) is 0. The van der Waals surface area contributed by atoms with Gasteiger partial charge in [0.1, 0.15) is 0 Å². The molecule has 0 saturated heterocycles. The van der Waals surface area contributed by atoms with Crippen molar-refractivity contribution in [1.29, 1.82) is 0 Å². The van der Waals surface area contributed by atoms with Crippen molar-refractivity contribution in [2.24, 2.45) is 29.1 Å².